The van der Waals surface area contributed by atoms with E-state index in [1.54, 1.807) is 7.11 Å². The van der Waals surface area contributed by atoms with Gasteiger partial charge in [0.25, 0.3) is 0 Å². The molecule has 3 heteroatoms. The van der Waals surface area contributed by atoms with Crippen molar-refractivity contribution in [2.75, 3.05) is 7.11 Å². The Morgan fingerprint density at radius 2 is 1.64 bits per heavy atom. The van der Waals surface area contributed by atoms with Crippen molar-refractivity contribution in [1.82, 2.24) is 4.98 Å². The minimum atomic E-state index is 0.430. The second-order valence-corrected chi connectivity index (χ2v) is 9.24. The number of furan rings is 1. The third-order valence-corrected chi connectivity index (χ3v) is 6.49. The van der Waals surface area contributed by atoms with E-state index in [4.69, 9.17) is 9.15 Å². The SMILES string of the molecule is COc1ccc(-c2cc(C(C)C)ccn2)c2oc3cc(-c4c(C)cc(C)cc4C)ccc3c12. The number of pyridine rings is 1. The van der Waals surface area contributed by atoms with E-state index in [0.717, 1.165) is 44.5 Å². The average molecular weight is 436 g/mol. The molecule has 0 radical (unpaired) electrons. The summed E-state index contributed by atoms with van der Waals surface area (Å²) >= 11 is 0. The maximum Gasteiger partial charge on any atom is 0.148 e. The zero-order chi connectivity index (χ0) is 23.3. The number of hydrogen-bond acceptors (Lipinski definition) is 3. The first-order valence-electron chi connectivity index (χ1n) is 11.4. The van der Waals surface area contributed by atoms with Crippen LogP contribution >= 0.6 is 0 Å². The number of nitrogens with zero attached hydrogens (tertiary/aromatic N) is 1. The van der Waals surface area contributed by atoms with E-state index in [1.807, 2.05) is 18.3 Å². The van der Waals surface area contributed by atoms with E-state index in [2.05, 4.69) is 82.1 Å². The standard InChI is InChI=1S/C30H29NO2/c1-17(2)21-11-12-31-25(15-21)23-9-10-26(32-6)29-24-8-7-22(16-27(24)33-30(23)29)28-19(4)13-18(3)14-20(28)5/h7-17H,1-6H3. The van der Waals surface area contributed by atoms with Gasteiger partial charge in [0, 0.05) is 17.1 Å². The minimum absolute atomic E-state index is 0.430. The van der Waals surface area contributed by atoms with Crippen LogP contribution in [0.25, 0.3) is 44.3 Å². The Kier molecular flexibility index (Phi) is 5.20. The van der Waals surface area contributed by atoms with Gasteiger partial charge in [0.1, 0.15) is 16.9 Å². The van der Waals surface area contributed by atoms with Gasteiger partial charge in [-0.15, -0.1) is 0 Å². The summed E-state index contributed by atoms with van der Waals surface area (Å²) in [6, 6.07) is 19.3. The van der Waals surface area contributed by atoms with Crippen molar-refractivity contribution in [3.8, 4) is 28.1 Å². The van der Waals surface area contributed by atoms with Crippen LogP contribution in [0.5, 0.6) is 5.75 Å². The molecule has 33 heavy (non-hydrogen) atoms. The Morgan fingerprint density at radius 3 is 2.33 bits per heavy atom. The van der Waals surface area contributed by atoms with Crippen LogP contribution in [0.4, 0.5) is 0 Å². The molecule has 0 aliphatic rings. The molecule has 5 rings (SSSR count). The fourth-order valence-electron chi connectivity index (χ4n) is 4.96. The van der Waals surface area contributed by atoms with Crippen LogP contribution in [-0.2, 0) is 0 Å². The van der Waals surface area contributed by atoms with Crippen molar-refractivity contribution in [3.63, 3.8) is 0 Å². The third-order valence-electron chi connectivity index (χ3n) is 6.49. The van der Waals surface area contributed by atoms with Crippen LogP contribution in [0.1, 0.15) is 42.0 Å². The number of fused-ring (bicyclic) bond motifs is 3. The summed E-state index contributed by atoms with van der Waals surface area (Å²) in [6.45, 7) is 10.9. The van der Waals surface area contributed by atoms with Gasteiger partial charge in [-0.25, -0.2) is 0 Å². The second-order valence-electron chi connectivity index (χ2n) is 9.24. The molecule has 2 heterocycles. The summed E-state index contributed by atoms with van der Waals surface area (Å²) in [7, 11) is 1.71. The zero-order valence-corrected chi connectivity index (χ0v) is 20.1. The van der Waals surface area contributed by atoms with Gasteiger partial charge >= 0.3 is 0 Å². The Labute approximate surface area is 195 Å². The van der Waals surface area contributed by atoms with E-state index in [1.165, 1.54) is 27.8 Å². The first-order chi connectivity index (χ1) is 15.9. The predicted molar refractivity (Wildman–Crippen MR) is 137 cm³/mol. The molecule has 0 unspecified atom stereocenters. The van der Waals surface area contributed by atoms with Crippen molar-refractivity contribution in [1.29, 1.82) is 0 Å². The summed E-state index contributed by atoms with van der Waals surface area (Å²) in [4.78, 5) is 4.66. The summed E-state index contributed by atoms with van der Waals surface area (Å²) in [5, 5.41) is 2.04. The minimum Gasteiger partial charge on any atom is -0.496 e. The molecule has 2 aromatic heterocycles. The maximum absolute atomic E-state index is 6.53. The fraction of sp³-hybridized carbons (Fsp3) is 0.233. The topological polar surface area (TPSA) is 35.3 Å². The molecule has 0 aliphatic carbocycles. The highest BCUT2D eigenvalue weighted by atomic mass is 16.5. The molecule has 3 nitrogen and oxygen atoms in total. The van der Waals surface area contributed by atoms with E-state index in [0.29, 0.717) is 5.92 Å². The van der Waals surface area contributed by atoms with Crippen LogP contribution in [-0.4, -0.2) is 12.1 Å². The first kappa shape index (κ1) is 21.3. The van der Waals surface area contributed by atoms with E-state index in [9.17, 15) is 0 Å². The molecule has 5 aromatic rings. The van der Waals surface area contributed by atoms with E-state index in [-0.39, 0.29) is 0 Å². The molecule has 0 saturated carbocycles. The Balaban J connectivity index is 1.76. The number of aryl methyl sites for hydroxylation is 3. The number of methoxy groups -OCH3 is 1. The maximum atomic E-state index is 6.53. The lowest BCUT2D eigenvalue weighted by Crippen LogP contribution is -1.92. The summed E-state index contributed by atoms with van der Waals surface area (Å²) in [5.74, 6) is 1.24. The average Bonchev–Trinajstić information content (AvgIpc) is 3.16. The van der Waals surface area contributed by atoms with Gasteiger partial charge in [0.15, 0.2) is 0 Å². The number of ether oxygens (including phenoxy) is 1. The molecule has 0 spiro atoms. The van der Waals surface area contributed by atoms with Crippen molar-refractivity contribution in [2.45, 2.75) is 40.5 Å². The molecule has 3 aromatic carbocycles. The number of benzene rings is 3. The first-order valence-corrected chi connectivity index (χ1v) is 11.4. The van der Waals surface area contributed by atoms with Gasteiger partial charge < -0.3 is 9.15 Å². The Hall–Kier alpha value is -3.59. The normalized spacial score (nSPS) is 11.6. The molecule has 0 aliphatic heterocycles. The van der Waals surface area contributed by atoms with Crippen LogP contribution in [0, 0.1) is 20.8 Å². The van der Waals surface area contributed by atoms with Crippen molar-refractivity contribution >= 4 is 21.9 Å². The molecule has 0 atom stereocenters. The highest BCUT2D eigenvalue weighted by molar-refractivity contribution is 6.13. The lowest BCUT2D eigenvalue weighted by Gasteiger charge is -2.11. The molecular weight excluding hydrogens is 406 g/mol. The monoisotopic (exact) mass is 435 g/mol. The third kappa shape index (κ3) is 3.58. The van der Waals surface area contributed by atoms with Gasteiger partial charge in [-0.05, 0) is 90.9 Å². The van der Waals surface area contributed by atoms with Gasteiger partial charge in [-0.2, -0.15) is 0 Å². The lowest BCUT2D eigenvalue weighted by molar-refractivity contribution is 0.420. The molecule has 166 valence electrons. The lowest BCUT2D eigenvalue weighted by atomic mass is 9.93. The van der Waals surface area contributed by atoms with Crippen LogP contribution in [0.2, 0.25) is 0 Å². The van der Waals surface area contributed by atoms with Gasteiger partial charge in [-0.1, -0.05) is 37.6 Å². The van der Waals surface area contributed by atoms with E-state index >= 15 is 0 Å². The van der Waals surface area contributed by atoms with Crippen LogP contribution in [0.15, 0.2) is 65.2 Å². The largest absolute Gasteiger partial charge is 0.496 e. The van der Waals surface area contributed by atoms with E-state index < -0.39 is 0 Å². The predicted octanol–water partition coefficient (Wildman–Crippen LogP) is 8.37. The second kappa shape index (κ2) is 8.08. The van der Waals surface area contributed by atoms with Crippen molar-refractivity contribution < 1.29 is 9.15 Å². The van der Waals surface area contributed by atoms with Gasteiger partial charge in [0.2, 0.25) is 0 Å². The van der Waals surface area contributed by atoms with Gasteiger partial charge in [0.05, 0.1) is 18.2 Å². The van der Waals surface area contributed by atoms with Crippen LogP contribution in [0.3, 0.4) is 0 Å². The number of aromatic nitrogens is 1. The quantitative estimate of drug-likeness (QED) is 0.284. The van der Waals surface area contributed by atoms with Crippen molar-refractivity contribution in [3.05, 3.63) is 83.0 Å². The smallest absolute Gasteiger partial charge is 0.148 e. The molecule has 0 N–H and O–H groups in total. The molecule has 0 amide bonds. The Bertz CT molecular complexity index is 1480. The van der Waals surface area contributed by atoms with Crippen molar-refractivity contribution in [2.24, 2.45) is 0 Å². The number of rotatable bonds is 4. The van der Waals surface area contributed by atoms with Gasteiger partial charge in [-0.3, -0.25) is 4.98 Å². The summed E-state index contributed by atoms with van der Waals surface area (Å²) in [5.41, 5.74) is 11.1. The zero-order valence-electron chi connectivity index (χ0n) is 20.1. The molecular formula is C30H29NO2. The molecule has 0 fully saturated rings. The van der Waals surface area contributed by atoms with Crippen LogP contribution < -0.4 is 4.74 Å². The fourth-order valence-corrected chi connectivity index (χ4v) is 4.96. The number of hydrogen-bond donors (Lipinski definition) is 0. The Morgan fingerprint density at radius 1 is 0.879 bits per heavy atom. The molecule has 0 saturated heterocycles. The summed E-state index contributed by atoms with van der Waals surface area (Å²) < 4.78 is 12.3. The highest BCUT2D eigenvalue weighted by Crippen LogP contribution is 2.42. The summed E-state index contributed by atoms with van der Waals surface area (Å²) in [6.07, 6.45) is 1.88. The molecule has 0 bridgehead atoms. The highest BCUT2D eigenvalue weighted by Gasteiger charge is 2.19.